The number of fused-ring (bicyclic) bond motifs is 1. The average molecular weight is 422 g/mol. The van der Waals surface area contributed by atoms with Gasteiger partial charge in [-0.05, 0) is 48.0 Å². The fourth-order valence-electron chi connectivity index (χ4n) is 3.63. The highest BCUT2D eigenvalue weighted by Crippen LogP contribution is 2.40. The van der Waals surface area contributed by atoms with Crippen LogP contribution in [0.4, 0.5) is 17.2 Å². The minimum Gasteiger partial charge on any atom is -0.495 e. The Labute approximate surface area is 186 Å². The van der Waals surface area contributed by atoms with Gasteiger partial charge in [-0.2, -0.15) is 9.61 Å². The largest absolute Gasteiger partial charge is 0.495 e. The van der Waals surface area contributed by atoms with E-state index >= 15 is 0 Å². The maximum Gasteiger partial charge on any atom is 0.157 e. The molecule has 0 fully saturated rings. The number of rotatable bonds is 7. The fraction of sp³-hybridized carbons (Fsp3) is 0.0769. The van der Waals surface area contributed by atoms with Gasteiger partial charge >= 0.3 is 0 Å². The monoisotopic (exact) mass is 422 g/mol. The van der Waals surface area contributed by atoms with E-state index in [-0.39, 0.29) is 0 Å². The number of ether oxygens (including phenoxy) is 2. The number of para-hydroxylation sites is 2. The van der Waals surface area contributed by atoms with Crippen molar-refractivity contribution in [1.29, 1.82) is 0 Å². The summed E-state index contributed by atoms with van der Waals surface area (Å²) in [6.07, 6.45) is 3.53. The molecule has 0 aliphatic heterocycles. The second kappa shape index (κ2) is 8.81. The van der Waals surface area contributed by atoms with Crippen molar-refractivity contribution in [2.24, 2.45) is 0 Å². The predicted molar refractivity (Wildman–Crippen MR) is 125 cm³/mol. The van der Waals surface area contributed by atoms with Crippen LogP contribution in [0.2, 0.25) is 0 Å². The molecule has 5 rings (SSSR count). The van der Waals surface area contributed by atoms with Gasteiger partial charge in [-0.1, -0.05) is 42.5 Å². The van der Waals surface area contributed by atoms with Crippen molar-refractivity contribution in [2.75, 3.05) is 12.0 Å². The lowest BCUT2D eigenvalue weighted by Crippen LogP contribution is -2.15. The van der Waals surface area contributed by atoms with Gasteiger partial charge in [-0.25, -0.2) is 4.98 Å². The minimum absolute atomic E-state index is 0.522. The lowest BCUT2D eigenvalue weighted by Gasteiger charge is -2.27. The standard InChI is InChI=1S/C26H22N4O2/c1-31-24-10-6-5-9-23(24)29(26-16-17-27-25-15-18-28-30(25)26)21-11-13-22(14-12-21)32-19-20-7-3-2-4-8-20/h2-18H,19H2,1H3. The third-order valence-corrected chi connectivity index (χ3v) is 5.17. The molecule has 0 amide bonds. The highest BCUT2D eigenvalue weighted by atomic mass is 16.5. The molecule has 2 aromatic heterocycles. The number of nitrogens with zero attached hydrogens (tertiary/aromatic N) is 4. The maximum atomic E-state index is 5.97. The van der Waals surface area contributed by atoms with E-state index in [9.17, 15) is 0 Å². The van der Waals surface area contributed by atoms with Gasteiger partial charge in [0.05, 0.1) is 19.0 Å². The van der Waals surface area contributed by atoms with Crippen LogP contribution in [0, 0.1) is 0 Å². The van der Waals surface area contributed by atoms with Crippen molar-refractivity contribution in [1.82, 2.24) is 14.6 Å². The Bertz CT molecular complexity index is 1320. The molecule has 0 aliphatic carbocycles. The van der Waals surface area contributed by atoms with Gasteiger partial charge in [0.1, 0.15) is 23.9 Å². The zero-order chi connectivity index (χ0) is 21.8. The van der Waals surface area contributed by atoms with Crippen LogP contribution in [0.1, 0.15) is 5.56 Å². The highest BCUT2D eigenvalue weighted by Gasteiger charge is 2.19. The molecular formula is C26H22N4O2. The Kier molecular flexibility index (Phi) is 5.41. The lowest BCUT2D eigenvalue weighted by atomic mass is 10.2. The molecule has 6 heteroatoms. The van der Waals surface area contributed by atoms with Crippen LogP contribution in [0.3, 0.4) is 0 Å². The molecule has 6 nitrogen and oxygen atoms in total. The van der Waals surface area contributed by atoms with Gasteiger partial charge in [-0.15, -0.1) is 0 Å². The summed E-state index contributed by atoms with van der Waals surface area (Å²) < 4.78 is 13.4. The van der Waals surface area contributed by atoms with Gasteiger partial charge in [0.25, 0.3) is 0 Å². The average Bonchev–Trinajstić information content (AvgIpc) is 3.34. The minimum atomic E-state index is 0.522. The van der Waals surface area contributed by atoms with Crippen molar-refractivity contribution >= 4 is 22.8 Å². The van der Waals surface area contributed by atoms with Crippen LogP contribution in [0.5, 0.6) is 11.5 Å². The SMILES string of the molecule is COc1ccccc1N(c1ccc(OCc2ccccc2)cc1)c1ccnc2ccnn12. The molecule has 2 heterocycles. The van der Waals surface area contributed by atoms with E-state index in [1.807, 2.05) is 83.4 Å². The van der Waals surface area contributed by atoms with E-state index < -0.39 is 0 Å². The van der Waals surface area contributed by atoms with Gasteiger partial charge in [0.2, 0.25) is 0 Å². The van der Waals surface area contributed by atoms with Gasteiger partial charge in [0, 0.05) is 18.0 Å². The van der Waals surface area contributed by atoms with Crippen molar-refractivity contribution in [3.05, 3.63) is 109 Å². The van der Waals surface area contributed by atoms with E-state index in [1.165, 1.54) is 0 Å². The Hall–Kier alpha value is -4.32. The molecule has 0 saturated carbocycles. The molecule has 32 heavy (non-hydrogen) atoms. The summed E-state index contributed by atoms with van der Waals surface area (Å²) >= 11 is 0. The van der Waals surface area contributed by atoms with Crippen LogP contribution in [-0.2, 0) is 6.61 Å². The first-order chi connectivity index (χ1) is 15.8. The summed E-state index contributed by atoms with van der Waals surface area (Å²) in [5.41, 5.74) is 3.75. The molecule has 0 unspecified atom stereocenters. The van der Waals surface area contributed by atoms with E-state index in [1.54, 1.807) is 19.5 Å². The Morgan fingerprint density at radius 1 is 0.812 bits per heavy atom. The molecule has 0 saturated heterocycles. The maximum absolute atomic E-state index is 5.97. The number of methoxy groups -OCH3 is 1. The first kappa shape index (κ1) is 19.6. The third kappa shape index (κ3) is 3.86. The third-order valence-electron chi connectivity index (χ3n) is 5.17. The summed E-state index contributed by atoms with van der Waals surface area (Å²) in [5.74, 6) is 2.41. The lowest BCUT2D eigenvalue weighted by molar-refractivity contribution is 0.306. The number of anilines is 3. The summed E-state index contributed by atoms with van der Waals surface area (Å²) in [6.45, 7) is 0.522. The Morgan fingerprint density at radius 3 is 2.41 bits per heavy atom. The second-order valence-electron chi connectivity index (χ2n) is 7.18. The zero-order valence-corrected chi connectivity index (χ0v) is 17.6. The molecule has 0 aliphatic rings. The normalized spacial score (nSPS) is 10.8. The van der Waals surface area contributed by atoms with Gasteiger partial charge in [-0.3, -0.25) is 4.90 Å². The quantitative estimate of drug-likeness (QED) is 0.332. The first-order valence-corrected chi connectivity index (χ1v) is 10.3. The molecule has 0 N–H and O–H groups in total. The molecule has 158 valence electrons. The topological polar surface area (TPSA) is 51.9 Å². The predicted octanol–water partition coefficient (Wildman–Crippen LogP) is 5.79. The van der Waals surface area contributed by atoms with Crippen LogP contribution in [0.15, 0.2) is 103 Å². The summed E-state index contributed by atoms with van der Waals surface area (Å²) in [4.78, 5) is 6.50. The smallest absolute Gasteiger partial charge is 0.157 e. The van der Waals surface area contributed by atoms with E-state index in [0.717, 1.165) is 39.9 Å². The molecule has 0 atom stereocenters. The van der Waals surface area contributed by atoms with Gasteiger partial charge < -0.3 is 9.47 Å². The number of hydrogen-bond donors (Lipinski definition) is 0. The number of hydrogen-bond acceptors (Lipinski definition) is 5. The van der Waals surface area contributed by atoms with Crippen molar-refractivity contribution in [3.8, 4) is 11.5 Å². The van der Waals surface area contributed by atoms with Crippen molar-refractivity contribution in [3.63, 3.8) is 0 Å². The molecule has 3 aromatic carbocycles. The molecule has 5 aromatic rings. The fourth-order valence-corrected chi connectivity index (χ4v) is 3.63. The van der Waals surface area contributed by atoms with Crippen LogP contribution in [-0.4, -0.2) is 21.7 Å². The first-order valence-electron chi connectivity index (χ1n) is 10.3. The summed E-state index contributed by atoms with van der Waals surface area (Å²) in [5, 5.41) is 4.47. The van der Waals surface area contributed by atoms with Crippen molar-refractivity contribution in [2.45, 2.75) is 6.61 Å². The van der Waals surface area contributed by atoms with E-state index in [4.69, 9.17) is 9.47 Å². The zero-order valence-electron chi connectivity index (χ0n) is 17.6. The molecule has 0 bridgehead atoms. The second-order valence-corrected chi connectivity index (χ2v) is 7.18. The van der Waals surface area contributed by atoms with Crippen LogP contribution >= 0.6 is 0 Å². The molecule has 0 spiro atoms. The summed E-state index contributed by atoms with van der Waals surface area (Å²) in [6, 6.07) is 29.9. The highest BCUT2D eigenvalue weighted by molar-refractivity contribution is 5.79. The molecular weight excluding hydrogens is 400 g/mol. The number of aromatic nitrogens is 3. The van der Waals surface area contributed by atoms with Crippen molar-refractivity contribution < 1.29 is 9.47 Å². The van der Waals surface area contributed by atoms with Crippen LogP contribution < -0.4 is 14.4 Å². The molecule has 0 radical (unpaired) electrons. The van der Waals surface area contributed by atoms with E-state index in [2.05, 4.69) is 27.1 Å². The Morgan fingerprint density at radius 2 is 1.59 bits per heavy atom. The van der Waals surface area contributed by atoms with Crippen LogP contribution in [0.25, 0.3) is 5.65 Å². The Balaban J connectivity index is 1.53. The number of benzene rings is 3. The van der Waals surface area contributed by atoms with E-state index in [0.29, 0.717) is 6.61 Å². The van der Waals surface area contributed by atoms with Gasteiger partial charge in [0.15, 0.2) is 5.65 Å². The summed E-state index contributed by atoms with van der Waals surface area (Å²) in [7, 11) is 1.67.